The van der Waals surface area contributed by atoms with E-state index in [1.165, 1.54) is 38.3 Å². The summed E-state index contributed by atoms with van der Waals surface area (Å²) in [5, 5.41) is 8.88. The molecule has 3 heteroatoms. The minimum Gasteiger partial charge on any atom is -0.390 e. The highest BCUT2D eigenvalue weighted by Crippen LogP contribution is 2.32. The summed E-state index contributed by atoms with van der Waals surface area (Å²) in [6, 6.07) is 32.7. The number of nitrogens with two attached hydrogens (primary N) is 1. The standard InChI is InChI=1S/C29H26N2S/c1-20-3-9-23(10-4-20)28(24-11-5-21(2)6-12-24)17-22-7-13-25(14-8-22)29-16-15-27(32-29)18-26(31)19-30/h3-16,18,28H,17,31H2,1-2H3/b26-18+. The molecule has 2 N–H and O–H groups in total. The average Bonchev–Trinajstić information content (AvgIpc) is 3.27. The van der Waals surface area contributed by atoms with E-state index in [4.69, 9.17) is 11.0 Å². The molecule has 0 fully saturated rings. The molecule has 0 saturated carbocycles. The van der Waals surface area contributed by atoms with Crippen LogP contribution in [-0.2, 0) is 6.42 Å². The predicted molar refractivity (Wildman–Crippen MR) is 135 cm³/mol. The first-order chi connectivity index (χ1) is 15.5. The minimum atomic E-state index is 0.229. The molecule has 3 aromatic carbocycles. The first kappa shape index (κ1) is 21.6. The van der Waals surface area contributed by atoms with E-state index in [-0.39, 0.29) is 5.70 Å². The van der Waals surface area contributed by atoms with E-state index in [9.17, 15) is 0 Å². The van der Waals surface area contributed by atoms with Crippen molar-refractivity contribution in [2.24, 2.45) is 5.73 Å². The molecule has 0 radical (unpaired) electrons. The van der Waals surface area contributed by atoms with Gasteiger partial charge >= 0.3 is 0 Å². The molecule has 0 bridgehead atoms. The van der Waals surface area contributed by atoms with Crippen LogP contribution in [0.1, 0.15) is 38.6 Å². The third-order valence-corrected chi connectivity index (χ3v) is 6.77. The molecule has 0 aliphatic rings. The van der Waals surface area contributed by atoms with Crippen molar-refractivity contribution in [2.45, 2.75) is 26.2 Å². The number of thiophene rings is 1. The maximum atomic E-state index is 8.88. The van der Waals surface area contributed by atoms with Crippen LogP contribution in [0.3, 0.4) is 0 Å². The fourth-order valence-electron chi connectivity index (χ4n) is 3.84. The number of hydrogen-bond acceptors (Lipinski definition) is 3. The maximum Gasteiger partial charge on any atom is 0.117 e. The van der Waals surface area contributed by atoms with Gasteiger partial charge in [-0.1, -0.05) is 83.9 Å². The second-order valence-electron chi connectivity index (χ2n) is 8.19. The van der Waals surface area contributed by atoms with Crippen LogP contribution < -0.4 is 5.73 Å². The van der Waals surface area contributed by atoms with Crippen LogP contribution in [0.25, 0.3) is 16.5 Å². The smallest absolute Gasteiger partial charge is 0.117 e. The summed E-state index contributed by atoms with van der Waals surface area (Å²) in [4.78, 5) is 2.16. The van der Waals surface area contributed by atoms with Gasteiger partial charge in [-0.15, -0.1) is 11.3 Å². The van der Waals surface area contributed by atoms with Gasteiger partial charge in [-0.05, 0) is 60.7 Å². The van der Waals surface area contributed by atoms with Crippen LogP contribution in [0, 0.1) is 25.2 Å². The zero-order chi connectivity index (χ0) is 22.5. The molecule has 0 atom stereocenters. The molecular formula is C29H26N2S. The molecule has 0 unspecified atom stereocenters. The Bertz CT molecular complexity index is 1210. The van der Waals surface area contributed by atoms with Gasteiger partial charge in [0.1, 0.15) is 11.8 Å². The second-order valence-corrected chi connectivity index (χ2v) is 9.30. The van der Waals surface area contributed by atoms with Crippen molar-refractivity contribution in [2.75, 3.05) is 0 Å². The summed E-state index contributed by atoms with van der Waals surface area (Å²) in [6.07, 6.45) is 2.67. The Balaban J connectivity index is 1.58. The van der Waals surface area contributed by atoms with E-state index < -0.39 is 0 Å². The lowest BCUT2D eigenvalue weighted by Gasteiger charge is -2.19. The van der Waals surface area contributed by atoms with Crippen molar-refractivity contribution < 1.29 is 0 Å². The molecule has 0 saturated heterocycles. The van der Waals surface area contributed by atoms with Gasteiger partial charge in [0.2, 0.25) is 0 Å². The minimum absolute atomic E-state index is 0.229. The number of aryl methyl sites for hydroxylation is 2. The largest absolute Gasteiger partial charge is 0.390 e. The van der Waals surface area contributed by atoms with Crippen LogP contribution in [0.15, 0.2) is 90.6 Å². The summed E-state index contributed by atoms with van der Waals surface area (Å²) < 4.78 is 0. The van der Waals surface area contributed by atoms with Gasteiger partial charge < -0.3 is 5.73 Å². The van der Waals surface area contributed by atoms with Crippen LogP contribution in [0.2, 0.25) is 0 Å². The molecule has 4 aromatic rings. The fraction of sp³-hybridized carbons (Fsp3) is 0.138. The predicted octanol–water partition coefficient (Wildman–Crippen LogP) is 7.23. The Hall–Kier alpha value is -3.61. The third kappa shape index (κ3) is 5.17. The van der Waals surface area contributed by atoms with Crippen molar-refractivity contribution in [1.29, 1.82) is 5.26 Å². The Morgan fingerprint density at radius 3 is 1.94 bits per heavy atom. The Kier molecular flexibility index (Phi) is 6.54. The molecule has 0 aliphatic heterocycles. The van der Waals surface area contributed by atoms with Crippen LogP contribution in [-0.4, -0.2) is 0 Å². The normalized spacial score (nSPS) is 11.5. The molecule has 0 amide bonds. The highest BCUT2D eigenvalue weighted by Gasteiger charge is 2.15. The molecule has 4 rings (SSSR count). The first-order valence-electron chi connectivity index (χ1n) is 10.7. The summed E-state index contributed by atoms with van der Waals surface area (Å²) in [5.41, 5.74) is 13.6. The Labute approximate surface area is 194 Å². The van der Waals surface area contributed by atoms with E-state index in [2.05, 4.69) is 92.7 Å². The lowest BCUT2D eigenvalue weighted by atomic mass is 9.85. The third-order valence-electron chi connectivity index (χ3n) is 5.69. The Morgan fingerprint density at radius 1 is 0.844 bits per heavy atom. The summed E-state index contributed by atoms with van der Waals surface area (Å²) in [5.74, 6) is 0.314. The van der Waals surface area contributed by atoms with Gasteiger partial charge in [-0.2, -0.15) is 5.26 Å². The van der Waals surface area contributed by atoms with Gasteiger partial charge in [0.25, 0.3) is 0 Å². The van der Waals surface area contributed by atoms with Gasteiger partial charge in [0.05, 0.1) is 0 Å². The molecule has 0 aliphatic carbocycles. The lowest BCUT2D eigenvalue weighted by Crippen LogP contribution is -2.05. The average molecular weight is 435 g/mol. The maximum absolute atomic E-state index is 8.88. The van der Waals surface area contributed by atoms with E-state index in [0.29, 0.717) is 5.92 Å². The molecule has 158 valence electrons. The molecular weight excluding hydrogens is 408 g/mol. The van der Waals surface area contributed by atoms with E-state index >= 15 is 0 Å². The van der Waals surface area contributed by atoms with Crippen molar-refractivity contribution in [3.05, 3.63) is 123 Å². The molecule has 2 nitrogen and oxygen atoms in total. The first-order valence-corrected chi connectivity index (χ1v) is 11.5. The van der Waals surface area contributed by atoms with Crippen molar-refractivity contribution in [3.63, 3.8) is 0 Å². The number of rotatable bonds is 6. The quantitative estimate of drug-likeness (QED) is 0.325. The molecule has 32 heavy (non-hydrogen) atoms. The van der Waals surface area contributed by atoms with Crippen molar-refractivity contribution in [3.8, 4) is 16.5 Å². The topological polar surface area (TPSA) is 49.8 Å². The summed E-state index contributed by atoms with van der Waals surface area (Å²) >= 11 is 1.64. The SMILES string of the molecule is Cc1ccc(C(Cc2ccc(-c3ccc(/C=C(/N)C#N)s3)cc2)c2ccc(C)cc2)cc1. The monoisotopic (exact) mass is 434 g/mol. The van der Waals surface area contributed by atoms with Gasteiger partial charge in [0, 0.05) is 15.7 Å². The Morgan fingerprint density at radius 2 is 1.41 bits per heavy atom. The second kappa shape index (κ2) is 9.68. The van der Waals surface area contributed by atoms with E-state index in [0.717, 1.165) is 11.3 Å². The molecule has 0 spiro atoms. The zero-order valence-corrected chi connectivity index (χ0v) is 19.2. The molecule has 1 heterocycles. The number of nitriles is 1. The zero-order valence-electron chi connectivity index (χ0n) is 18.4. The van der Waals surface area contributed by atoms with Gasteiger partial charge in [-0.25, -0.2) is 0 Å². The van der Waals surface area contributed by atoms with Crippen LogP contribution in [0.5, 0.6) is 0 Å². The highest BCUT2D eigenvalue weighted by molar-refractivity contribution is 7.16. The number of allylic oxidation sites excluding steroid dienone is 1. The van der Waals surface area contributed by atoms with Crippen molar-refractivity contribution >= 4 is 17.4 Å². The number of nitrogens with zero attached hydrogens (tertiary/aromatic N) is 1. The van der Waals surface area contributed by atoms with Crippen LogP contribution in [0.4, 0.5) is 0 Å². The van der Waals surface area contributed by atoms with E-state index in [1.807, 2.05) is 12.1 Å². The van der Waals surface area contributed by atoms with Gasteiger partial charge in [0.15, 0.2) is 0 Å². The van der Waals surface area contributed by atoms with E-state index in [1.54, 1.807) is 17.4 Å². The lowest BCUT2D eigenvalue weighted by molar-refractivity contribution is 0.804. The van der Waals surface area contributed by atoms with Crippen molar-refractivity contribution in [1.82, 2.24) is 0 Å². The summed E-state index contributed by atoms with van der Waals surface area (Å²) in [7, 11) is 0. The molecule has 1 aromatic heterocycles. The summed E-state index contributed by atoms with van der Waals surface area (Å²) in [6.45, 7) is 4.26. The number of hydrogen-bond donors (Lipinski definition) is 1. The van der Waals surface area contributed by atoms with Gasteiger partial charge in [-0.3, -0.25) is 0 Å². The number of benzene rings is 3. The fourth-order valence-corrected chi connectivity index (χ4v) is 4.80. The van der Waals surface area contributed by atoms with Crippen LogP contribution >= 0.6 is 11.3 Å². The highest BCUT2D eigenvalue weighted by atomic mass is 32.1.